The van der Waals surface area contributed by atoms with Crippen LogP contribution in [0.4, 0.5) is 5.69 Å². The Bertz CT molecular complexity index is 663. The van der Waals surface area contributed by atoms with E-state index < -0.39 is 5.54 Å². The van der Waals surface area contributed by atoms with Crippen LogP contribution < -0.4 is 10.6 Å². The second-order valence-corrected chi connectivity index (χ2v) is 8.52. The monoisotopic (exact) mass is 388 g/mol. The van der Waals surface area contributed by atoms with Gasteiger partial charge >= 0.3 is 0 Å². The van der Waals surface area contributed by atoms with Crippen molar-refractivity contribution in [2.24, 2.45) is 0 Å². The number of piperidine rings is 2. The molecule has 0 aromatic heterocycles. The summed E-state index contributed by atoms with van der Waals surface area (Å²) >= 11 is 0. The average molecular weight is 389 g/mol. The first kappa shape index (κ1) is 21.2. The van der Waals surface area contributed by atoms with Crippen LogP contribution in [-0.4, -0.2) is 80.8 Å². The van der Waals surface area contributed by atoms with Gasteiger partial charge in [-0.05, 0) is 64.9 Å². The quantitative estimate of drug-likeness (QED) is 0.808. The Morgan fingerprint density at radius 1 is 1.25 bits per heavy atom. The van der Waals surface area contributed by atoms with Gasteiger partial charge in [0.2, 0.25) is 5.91 Å². The van der Waals surface area contributed by atoms with Crippen LogP contribution in [0.2, 0.25) is 0 Å². The second-order valence-electron chi connectivity index (χ2n) is 8.52. The minimum Gasteiger partial charge on any atom is -0.378 e. The summed E-state index contributed by atoms with van der Waals surface area (Å²) in [5.74, 6) is 0.114. The van der Waals surface area contributed by atoms with Crippen LogP contribution in [0.5, 0.6) is 0 Å². The molecule has 1 amide bonds. The molecule has 156 valence electrons. The van der Waals surface area contributed by atoms with E-state index in [9.17, 15) is 4.79 Å². The lowest BCUT2D eigenvalue weighted by Gasteiger charge is -2.48. The van der Waals surface area contributed by atoms with Crippen molar-refractivity contribution in [1.82, 2.24) is 15.1 Å². The summed E-state index contributed by atoms with van der Waals surface area (Å²) < 4.78 is 5.72. The average Bonchev–Trinajstić information content (AvgIpc) is 2.70. The zero-order valence-corrected chi connectivity index (χ0v) is 18.0. The minimum atomic E-state index is -0.472. The van der Waals surface area contributed by atoms with Crippen molar-refractivity contribution >= 4 is 11.6 Å². The second kappa shape index (κ2) is 8.91. The maximum absolute atomic E-state index is 13.4. The van der Waals surface area contributed by atoms with Gasteiger partial charge in [0.05, 0.1) is 6.10 Å². The van der Waals surface area contributed by atoms with Gasteiger partial charge < -0.3 is 15.4 Å². The number of rotatable bonds is 5. The third-order valence-electron chi connectivity index (χ3n) is 6.79. The van der Waals surface area contributed by atoms with Gasteiger partial charge in [-0.25, -0.2) is 0 Å². The van der Waals surface area contributed by atoms with Gasteiger partial charge in [0.15, 0.2) is 0 Å². The highest BCUT2D eigenvalue weighted by Gasteiger charge is 2.45. The summed E-state index contributed by atoms with van der Waals surface area (Å²) in [5.41, 5.74) is 2.70. The smallest absolute Gasteiger partial charge is 0.244 e. The van der Waals surface area contributed by atoms with Gasteiger partial charge in [-0.1, -0.05) is 18.2 Å². The van der Waals surface area contributed by atoms with Crippen LogP contribution in [0.25, 0.3) is 0 Å². The van der Waals surface area contributed by atoms with Gasteiger partial charge in [0.1, 0.15) is 5.54 Å². The normalized spacial score (nSPS) is 25.6. The topological polar surface area (TPSA) is 56.8 Å². The first-order valence-electron chi connectivity index (χ1n) is 10.4. The highest BCUT2D eigenvalue weighted by atomic mass is 16.5. The molecule has 0 aliphatic carbocycles. The van der Waals surface area contributed by atoms with Crippen molar-refractivity contribution < 1.29 is 9.53 Å². The number of aryl methyl sites for hydroxylation is 2. The molecule has 2 heterocycles. The minimum absolute atomic E-state index is 0.114. The molecular formula is C22H36N4O2. The fourth-order valence-electron chi connectivity index (χ4n) is 4.82. The summed E-state index contributed by atoms with van der Waals surface area (Å²) in [6, 6.07) is 6.57. The molecule has 2 saturated heterocycles. The van der Waals surface area contributed by atoms with Crippen molar-refractivity contribution in [2.45, 2.75) is 50.8 Å². The van der Waals surface area contributed by atoms with E-state index in [2.05, 4.69) is 46.4 Å². The largest absolute Gasteiger partial charge is 0.378 e. The molecule has 2 atom stereocenters. The lowest BCUT2D eigenvalue weighted by molar-refractivity contribution is -0.131. The SMILES string of the molecule is COC1CNCCC1N1CCC(C(=O)Nc2c(C)cccc2C)(N(C)C)CC1. The van der Waals surface area contributed by atoms with Crippen LogP contribution in [0.1, 0.15) is 30.4 Å². The van der Waals surface area contributed by atoms with Gasteiger partial charge in [-0.3, -0.25) is 14.6 Å². The highest BCUT2D eigenvalue weighted by molar-refractivity contribution is 5.99. The third kappa shape index (κ3) is 4.10. The molecule has 0 radical (unpaired) electrons. The summed E-state index contributed by atoms with van der Waals surface area (Å²) in [6.45, 7) is 7.88. The van der Waals surface area contributed by atoms with E-state index in [1.54, 1.807) is 7.11 Å². The zero-order chi connectivity index (χ0) is 20.3. The molecule has 6 nitrogen and oxygen atoms in total. The summed E-state index contributed by atoms with van der Waals surface area (Å²) in [7, 11) is 5.86. The number of anilines is 1. The van der Waals surface area contributed by atoms with Crippen molar-refractivity contribution in [2.75, 3.05) is 52.7 Å². The number of likely N-dealkylation sites (tertiary alicyclic amines) is 1. The number of ether oxygens (including phenoxy) is 1. The highest BCUT2D eigenvalue weighted by Crippen LogP contribution is 2.32. The van der Waals surface area contributed by atoms with Crippen LogP contribution in [-0.2, 0) is 9.53 Å². The number of hydrogen-bond donors (Lipinski definition) is 2. The molecule has 1 aromatic carbocycles. The van der Waals surface area contributed by atoms with E-state index in [0.717, 1.165) is 62.3 Å². The molecule has 3 rings (SSSR count). The van der Waals surface area contributed by atoms with E-state index in [0.29, 0.717) is 6.04 Å². The van der Waals surface area contributed by atoms with E-state index in [-0.39, 0.29) is 12.0 Å². The van der Waals surface area contributed by atoms with Crippen molar-refractivity contribution in [1.29, 1.82) is 0 Å². The molecule has 0 saturated carbocycles. The fraction of sp³-hybridized carbons (Fsp3) is 0.682. The summed E-state index contributed by atoms with van der Waals surface area (Å²) in [6.07, 6.45) is 2.99. The number of nitrogens with zero attached hydrogens (tertiary/aromatic N) is 2. The Morgan fingerprint density at radius 2 is 1.89 bits per heavy atom. The summed E-state index contributed by atoms with van der Waals surface area (Å²) in [5, 5.41) is 6.67. The Hall–Kier alpha value is -1.47. The molecular weight excluding hydrogens is 352 g/mol. The Kier molecular flexibility index (Phi) is 6.76. The van der Waals surface area contributed by atoms with Gasteiger partial charge in [-0.2, -0.15) is 0 Å². The number of carbonyl (C=O) groups is 1. The zero-order valence-electron chi connectivity index (χ0n) is 18.0. The molecule has 6 heteroatoms. The number of benzene rings is 1. The Morgan fingerprint density at radius 3 is 2.46 bits per heavy atom. The molecule has 28 heavy (non-hydrogen) atoms. The molecule has 2 aliphatic heterocycles. The lowest BCUT2D eigenvalue weighted by Crippen LogP contribution is -2.63. The van der Waals surface area contributed by atoms with Crippen molar-refractivity contribution in [3.63, 3.8) is 0 Å². The number of para-hydroxylation sites is 1. The third-order valence-corrected chi connectivity index (χ3v) is 6.79. The fourth-order valence-corrected chi connectivity index (χ4v) is 4.82. The maximum atomic E-state index is 13.4. The number of hydrogen-bond acceptors (Lipinski definition) is 5. The first-order chi connectivity index (χ1) is 13.4. The number of methoxy groups -OCH3 is 1. The van der Waals surface area contributed by atoms with Crippen molar-refractivity contribution in [3.8, 4) is 0 Å². The predicted octanol–water partition coefficient (Wildman–Crippen LogP) is 2.02. The van der Waals surface area contributed by atoms with Gasteiger partial charge in [-0.15, -0.1) is 0 Å². The Labute approximate surface area is 169 Å². The molecule has 1 aromatic rings. The number of carbonyl (C=O) groups excluding carboxylic acids is 1. The summed E-state index contributed by atoms with van der Waals surface area (Å²) in [4.78, 5) is 18.1. The van der Waals surface area contributed by atoms with E-state index in [1.807, 2.05) is 20.2 Å². The molecule has 2 N–H and O–H groups in total. The predicted molar refractivity (Wildman–Crippen MR) is 114 cm³/mol. The first-order valence-corrected chi connectivity index (χ1v) is 10.4. The maximum Gasteiger partial charge on any atom is 0.244 e. The van der Waals surface area contributed by atoms with Crippen LogP contribution in [0, 0.1) is 13.8 Å². The molecule has 2 fully saturated rings. The van der Waals surface area contributed by atoms with Crippen LogP contribution in [0.3, 0.4) is 0 Å². The standard InChI is InChI=1S/C22H36N4O2/c1-16-7-6-8-17(2)20(16)24-21(27)22(25(3)4)10-13-26(14-11-22)18-9-12-23-15-19(18)28-5/h6-8,18-19,23H,9-15H2,1-5H3,(H,24,27). The number of nitrogens with one attached hydrogen (secondary N) is 2. The Balaban J connectivity index is 1.73. The van der Waals surface area contributed by atoms with Gasteiger partial charge in [0, 0.05) is 38.5 Å². The number of amides is 1. The molecule has 0 bridgehead atoms. The van der Waals surface area contributed by atoms with E-state index in [1.165, 1.54) is 0 Å². The molecule has 2 aliphatic rings. The van der Waals surface area contributed by atoms with E-state index in [4.69, 9.17) is 4.74 Å². The van der Waals surface area contributed by atoms with E-state index >= 15 is 0 Å². The number of likely N-dealkylation sites (N-methyl/N-ethyl adjacent to an activating group) is 1. The molecule has 2 unspecified atom stereocenters. The van der Waals surface area contributed by atoms with Crippen LogP contribution >= 0.6 is 0 Å². The van der Waals surface area contributed by atoms with Crippen molar-refractivity contribution in [3.05, 3.63) is 29.3 Å². The molecule has 0 spiro atoms. The van der Waals surface area contributed by atoms with Crippen LogP contribution in [0.15, 0.2) is 18.2 Å². The lowest BCUT2D eigenvalue weighted by atomic mass is 9.83. The van der Waals surface area contributed by atoms with Gasteiger partial charge in [0.25, 0.3) is 0 Å².